The zero-order valence-electron chi connectivity index (χ0n) is 13.6. The van der Waals surface area contributed by atoms with Gasteiger partial charge in [-0.3, -0.25) is 4.79 Å². The Morgan fingerprint density at radius 2 is 1.92 bits per heavy atom. The molecule has 0 spiro atoms. The van der Waals surface area contributed by atoms with Crippen molar-refractivity contribution in [3.05, 3.63) is 40.9 Å². The molecule has 1 amide bonds. The van der Waals surface area contributed by atoms with Gasteiger partial charge in [-0.15, -0.1) is 36.2 Å². The van der Waals surface area contributed by atoms with Gasteiger partial charge in [0, 0.05) is 17.0 Å². The summed E-state index contributed by atoms with van der Waals surface area (Å²) in [5.74, 6) is 0.0765. The number of benzene rings is 1. The molecule has 3 rings (SSSR count). The van der Waals surface area contributed by atoms with E-state index in [0.717, 1.165) is 42.2 Å². The summed E-state index contributed by atoms with van der Waals surface area (Å²) >= 11 is 1.60. The summed E-state index contributed by atoms with van der Waals surface area (Å²) in [6, 6.07) is 8.63. The van der Waals surface area contributed by atoms with Crippen LogP contribution in [0.25, 0.3) is 10.6 Å². The van der Waals surface area contributed by atoms with Crippen LogP contribution in [-0.4, -0.2) is 30.0 Å². The smallest absolute Gasteiger partial charge is 0.226 e. The van der Waals surface area contributed by atoms with Gasteiger partial charge in [-0.2, -0.15) is 0 Å². The van der Waals surface area contributed by atoms with Crippen LogP contribution in [0.15, 0.2) is 29.6 Å². The largest absolute Gasteiger partial charge is 0.353 e. The first-order valence-corrected chi connectivity index (χ1v) is 8.60. The number of nitrogens with zero attached hydrogens (tertiary/aromatic N) is 1. The summed E-state index contributed by atoms with van der Waals surface area (Å²) in [7, 11) is 0. The minimum Gasteiger partial charge on any atom is -0.353 e. The SMILES string of the molecule is Cc1ccc(-c2nc(CC(=O)NC3CCNCC3)cs2)cc1.Cl.Cl. The van der Waals surface area contributed by atoms with Crippen LogP contribution in [0.5, 0.6) is 0 Å². The number of carbonyl (C=O) groups excluding carboxylic acids is 1. The summed E-state index contributed by atoms with van der Waals surface area (Å²) in [6.45, 7) is 4.04. The van der Waals surface area contributed by atoms with Gasteiger partial charge < -0.3 is 10.6 Å². The number of piperidine rings is 1. The molecule has 1 aromatic carbocycles. The van der Waals surface area contributed by atoms with Crippen molar-refractivity contribution in [3.8, 4) is 10.6 Å². The summed E-state index contributed by atoms with van der Waals surface area (Å²) in [6.07, 6.45) is 2.39. The molecule has 4 nitrogen and oxygen atoms in total. The Bertz CT molecular complexity index is 640. The fourth-order valence-electron chi connectivity index (χ4n) is 2.63. The highest BCUT2D eigenvalue weighted by molar-refractivity contribution is 7.13. The molecule has 2 N–H and O–H groups in total. The van der Waals surface area contributed by atoms with Crippen molar-refractivity contribution in [2.45, 2.75) is 32.2 Å². The van der Waals surface area contributed by atoms with Crippen molar-refractivity contribution in [3.63, 3.8) is 0 Å². The molecule has 0 aliphatic carbocycles. The highest BCUT2D eigenvalue weighted by atomic mass is 35.5. The average Bonchev–Trinajstić information content (AvgIpc) is 2.97. The Labute approximate surface area is 159 Å². The summed E-state index contributed by atoms with van der Waals surface area (Å²) in [5.41, 5.74) is 3.20. The van der Waals surface area contributed by atoms with E-state index in [-0.39, 0.29) is 30.7 Å². The van der Waals surface area contributed by atoms with Crippen molar-refractivity contribution >= 4 is 42.1 Å². The Hall–Kier alpha value is -1.14. The minimum atomic E-state index is 0. The third-order valence-corrected chi connectivity index (χ3v) is 4.84. The van der Waals surface area contributed by atoms with Crippen molar-refractivity contribution in [1.29, 1.82) is 0 Å². The van der Waals surface area contributed by atoms with Crippen LogP contribution in [0, 0.1) is 6.92 Å². The van der Waals surface area contributed by atoms with Gasteiger partial charge in [0.15, 0.2) is 0 Å². The van der Waals surface area contributed by atoms with E-state index in [4.69, 9.17) is 0 Å². The first-order chi connectivity index (χ1) is 10.7. The van der Waals surface area contributed by atoms with Crippen LogP contribution < -0.4 is 10.6 Å². The summed E-state index contributed by atoms with van der Waals surface area (Å²) in [4.78, 5) is 16.7. The normalized spacial score (nSPS) is 14.4. The molecule has 1 aliphatic rings. The number of aryl methyl sites for hydroxylation is 1. The highest BCUT2D eigenvalue weighted by Crippen LogP contribution is 2.24. The van der Waals surface area contributed by atoms with E-state index in [0.29, 0.717) is 12.5 Å². The first kappa shape index (κ1) is 20.9. The van der Waals surface area contributed by atoms with Gasteiger partial charge in [0.25, 0.3) is 0 Å². The number of carbonyl (C=O) groups is 1. The zero-order valence-corrected chi connectivity index (χ0v) is 16.0. The fourth-order valence-corrected chi connectivity index (χ4v) is 3.45. The van der Waals surface area contributed by atoms with E-state index in [1.807, 2.05) is 5.38 Å². The van der Waals surface area contributed by atoms with Crippen molar-refractivity contribution in [2.24, 2.45) is 0 Å². The van der Waals surface area contributed by atoms with Gasteiger partial charge >= 0.3 is 0 Å². The van der Waals surface area contributed by atoms with Gasteiger partial charge in [-0.1, -0.05) is 29.8 Å². The second-order valence-electron chi connectivity index (χ2n) is 5.78. The second kappa shape index (κ2) is 9.99. The lowest BCUT2D eigenvalue weighted by Gasteiger charge is -2.23. The topological polar surface area (TPSA) is 54.0 Å². The third kappa shape index (κ3) is 5.74. The molecular formula is C17H23Cl2N3OS. The van der Waals surface area contributed by atoms with Gasteiger partial charge in [-0.25, -0.2) is 4.98 Å². The predicted molar refractivity (Wildman–Crippen MR) is 105 cm³/mol. The Balaban J connectivity index is 0.00000144. The maximum Gasteiger partial charge on any atom is 0.226 e. The van der Waals surface area contributed by atoms with Crippen LogP contribution >= 0.6 is 36.2 Å². The quantitative estimate of drug-likeness (QED) is 0.845. The summed E-state index contributed by atoms with van der Waals surface area (Å²) in [5, 5.41) is 9.37. The maximum absolute atomic E-state index is 12.1. The molecule has 7 heteroatoms. The molecule has 1 saturated heterocycles. The molecule has 2 heterocycles. The van der Waals surface area contributed by atoms with E-state index in [2.05, 4.69) is 46.8 Å². The molecule has 0 bridgehead atoms. The molecule has 132 valence electrons. The Morgan fingerprint density at radius 3 is 2.58 bits per heavy atom. The number of nitrogens with one attached hydrogen (secondary N) is 2. The molecular weight excluding hydrogens is 365 g/mol. The number of aromatic nitrogens is 1. The fraction of sp³-hybridized carbons (Fsp3) is 0.412. The Kier molecular flexibility index (Phi) is 8.70. The maximum atomic E-state index is 12.1. The van der Waals surface area contributed by atoms with Crippen molar-refractivity contribution in [1.82, 2.24) is 15.6 Å². The van der Waals surface area contributed by atoms with Crippen LogP contribution in [-0.2, 0) is 11.2 Å². The van der Waals surface area contributed by atoms with Crippen LogP contribution in [0.1, 0.15) is 24.1 Å². The molecule has 24 heavy (non-hydrogen) atoms. The summed E-state index contributed by atoms with van der Waals surface area (Å²) < 4.78 is 0. The second-order valence-corrected chi connectivity index (χ2v) is 6.64. The standard InChI is InChI=1S/C17H21N3OS.2ClH/c1-12-2-4-13(5-3-12)17-20-15(11-22-17)10-16(21)19-14-6-8-18-9-7-14;;/h2-5,11,14,18H,6-10H2,1H3,(H,19,21);2*1H. The van der Waals surface area contributed by atoms with Crippen LogP contribution in [0.4, 0.5) is 0 Å². The number of hydrogen-bond donors (Lipinski definition) is 2. The highest BCUT2D eigenvalue weighted by Gasteiger charge is 2.16. The average molecular weight is 388 g/mol. The van der Waals surface area contributed by atoms with E-state index in [9.17, 15) is 4.79 Å². The van der Waals surface area contributed by atoms with Crippen LogP contribution in [0.2, 0.25) is 0 Å². The lowest BCUT2D eigenvalue weighted by atomic mass is 10.1. The first-order valence-electron chi connectivity index (χ1n) is 7.72. The van der Waals surface area contributed by atoms with Gasteiger partial charge in [-0.05, 0) is 32.9 Å². The van der Waals surface area contributed by atoms with Gasteiger partial charge in [0.05, 0.1) is 12.1 Å². The number of hydrogen-bond acceptors (Lipinski definition) is 4. The number of thiazole rings is 1. The van der Waals surface area contributed by atoms with E-state index in [1.165, 1.54) is 5.56 Å². The molecule has 0 saturated carbocycles. The molecule has 0 atom stereocenters. The molecule has 1 aromatic heterocycles. The van der Waals surface area contributed by atoms with E-state index < -0.39 is 0 Å². The van der Waals surface area contributed by atoms with E-state index >= 15 is 0 Å². The number of halogens is 2. The molecule has 0 radical (unpaired) electrons. The van der Waals surface area contributed by atoms with Gasteiger partial charge in [0.2, 0.25) is 5.91 Å². The Morgan fingerprint density at radius 1 is 1.25 bits per heavy atom. The van der Waals surface area contributed by atoms with E-state index in [1.54, 1.807) is 11.3 Å². The monoisotopic (exact) mass is 387 g/mol. The number of amides is 1. The zero-order chi connectivity index (χ0) is 15.4. The molecule has 0 unspecified atom stereocenters. The predicted octanol–water partition coefficient (Wildman–Crippen LogP) is 3.37. The number of rotatable bonds is 4. The molecule has 1 aliphatic heterocycles. The van der Waals surface area contributed by atoms with Crippen molar-refractivity contribution < 1.29 is 4.79 Å². The molecule has 1 fully saturated rings. The third-order valence-electron chi connectivity index (χ3n) is 3.90. The van der Waals surface area contributed by atoms with Crippen LogP contribution in [0.3, 0.4) is 0 Å². The van der Waals surface area contributed by atoms with Gasteiger partial charge in [0.1, 0.15) is 5.01 Å². The minimum absolute atomic E-state index is 0. The molecule has 2 aromatic rings. The lowest BCUT2D eigenvalue weighted by Crippen LogP contribution is -2.43. The van der Waals surface area contributed by atoms with Crippen molar-refractivity contribution in [2.75, 3.05) is 13.1 Å². The lowest BCUT2D eigenvalue weighted by molar-refractivity contribution is -0.121.